The van der Waals surface area contributed by atoms with Gasteiger partial charge in [0.05, 0.1) is 11.9 Å². The molecule has 2 rings (SSSR count). The first-order chi connectivity index (χ1) is 9.15. The van der Waals surface area contributed by atoms with E-state index in [2.05, 4.69) is 15.6 Å². The van der Waals surface area contributed by atoms with Crippen LogP contribution < -0.4 is 10.6 Å². The standard InChI is InChI=1S/C13H10ClN3O2/c14-9-3-1-4-10(7-9)16-12(18)13(19)17-11-5-2-6-15-8-11/h1-8H,(H,16,18)(H,17,19). The van der Waals surface area contributed by atoms with Crippen LogP contribution in [-0.4, -0.2) is 16.8 Å². The van der Waals surface area contributed by atoms with Gasteiger partial charge in [-0.05, 0) is 30.3 Å². The number of rotatable bonds is 2. The van der Waals surface area contributed by atoms with Gasteiger partial charge in [0.15, 0.2) is 0 Å². The van der Waals surface area contributed by atoms with Crippen molar-refractivity contribution in [3.63, 3.8) is 0 Å². The summed E-state index contributed by atoms with van der Waals surface area (Å²) in [6.07, 6.45) is 3.02. The van der Waals surface area contributed by atoms with Gasteiger partial charge in [-0.15, -0.1) is 0 Å². The SMILES string of the molecule is O=C(Nc1cccnc1)C(=O)Nc1cccc(Cl)c1. The first-order valence-electron chi connectivity index (χ1n) is 5.43. The monoisotopic (exact) mass is 275 g/mol. The topological polar surface area (TPSA) is 71.1 Å². The van der Waals surface area contributed by atoms with E-state index >= 15 is 0 Å². The van der Waals surface area contributed by atoms with Crippen molar-refractivity contribution >= 4 is 34.8 Å². The summed E-state index contributed by atoms with van der Waals surface area (Å²) in [5.41, 5.74) is 0.910. The Bertz CT molecular complexity index is 602. The van der Waals surface area contributed by atoms with Crippen LogP contribution in [0.4, 0.5) is 11.4 Å². The first kappa shape index (κ1) is 13.0. The number of carbonyl (C=O) groups is 2. The number of amides is 2. The first-order valence-corrected chi connectivity index (χ1v) is 5.81. The molecule has 0 aliphatic rings. The second kappa shape index (κ2) is 5.97. The highest BCUT2D eigenvalue weighted by Gasteiger charge is 2.13. The Morgan fingerprint density at radius 3 is 2.32 bits per heavy atom. The Labute approximate surface area is 114 Å². The van der Waals surface area contributed by atoms with E-state index in [1.165, 1.54) is 6.20 Å². The lowest BCUT2D eigenvalue weighted by atomic mass is 10.3. The summed E-state index contributed by atoms with van der Waals surface area (Å²) in [5, 5.41) is 5.35. The van der Waals surface area contributed by atoms with Crippen LogP contribution in [0, 0.1) is 0 Å². The van der Waals surface area contributed by atoms with Crippen LogP contribution >= 0.6 is 11.6 Å². The van der Waals surface area contributed by atoms with Crippen molar-refractivity contribution < 1.29 is 9.59 Å². The normalized spacial score (nSPS) is 9.74. The van der Waals surface area contributed by atoms with E-state index < -0.39 is 11.8 Å². The van der Waals surface area contributed by atoms with E-state index in [1.807, 2.05) is 0 Å². The van der Waals surface area contributed by atoms with Gasteiger partial charge in [-0.25, -0.2) is 0 Å². The van der Waals surface area contributed by atoms with Gasteiger partial charge in [0, 0.05) is 16.9 Å². The molecule has 1 aromatic carbocycles. The molecule has 0 spiro atoms. The summed E-state index contributed by atoms with van der Waals surface area (Å²) in [4.78, 5) is 27.1. The second-order valence-corrected chi connectivity index (χ2v) is 4.10. The molecule has 0 saturated carbocycles. The predicted octanol–water partition coefficient (Wildman–Crippen LogP) is 2.31. The fourth-order valence-corrected chi connectivity index (χ4v) is 1.57. The molecule has 0 aliphatic heterocycles. The molecule has 19 heavy (non-hydrogen) atoms. The molecule has 0 unspecified atom stereocenters. The fourth-order valence-electron chi connectivity index (χ4n) is 1.38. The Morgan fingerprint density at radius 2 is 1.68 bits per heavy atom. The van der Waals surface area contributed by atoms with Crippen LogP contribution in [0.5, 0.6) is 0 Å². The molecule has 6 heteroatoms. The Morgan fingerprint density at radius 1 is 1.00 bits per heavy atom. The van der Waals surface area contributed by atoms with Gasteiger partial charge in [-0.1, -0.05) is 17.7 Å². The lowest BCUT2D eigenvalue weighted by Gasteiger charge is -2.06. The number of anilines is 2. The van der Waals surface area contributed by atoms with Gasteiger partial charge in [-0.2, -0.15) is 0 Å². The third-order valence-corrected chi connectivity index (χ3v) is 2.44. The third-order valence-electron chi connectivity index (χ3n) is 2.21. The van der Waals surface area contributed by atoms with E-state index in [0.717, 1.165) is 0 Å². The number of halogens is 1. The van der Waals surface area contributed by atoms with E-state index in [0.29, 0.717) is 16.4 Å². The summed E-state index contributed by atoms with van der Waals surface area (Å²) in [6.45, 7) is 0. The highest BCUT2D eigenvalue weighted by atomic mass is 35.5. The largest absolute Gasteiger partial charge is 0.318 e. The van der Waals surface area contributed by atoms with E-state index in [-0.39, 0.29) is 0 Å². The molecule has 0 aliphatic carbocycles. The van der Waals surface area contributed by atoms with Crippen molar-refractivity contribution in [2.24, 2.45) is 0 Å². The molecule has 5 nitrogen and oxygen atoms in total. The molecule has 0 saturated heterocycles. The summed E-state index contributed by atoms with van der Waals surface area (Å²) < 4.78 is 0. The number of pyridine rings is 1. The second-order valence-electron chi connectivity index (χ2n) is 3.66. The number of hydrogen-bond donors (Lipinski definition) is 2. The lowest BCUT2D eigenvalue weighted by Crippen LogP contribution is -2.29. The van der Waals surface area contributed by atoms with Crippen molar-refractivity contribution in [3.8, 4) is 0 Å². The minimum Gasteiger partial charge on any atom is -0.318 e. The average molecular weight is 276 g/mol. The Kier molecular flexibility index (Phi) is 4.10. The predicted molar refractivity (Wildman–Crippen MR) is 72.9 cm³/mol. The number of hydrogen-bond acceptors (Lipinski definition) is 3. The van der Waals surface area contributed by atoms with E-state index in [9.17, 15) is 9.59 Å². The molecule has 2 amide bonds. The van der Waals surface area contributed by atoms with Gasteiger partial charge < -0.3 is 10.6 Å². The van der Waals surface area contributed by atoms with E-state index in [1.54, 1.807) is 42.6 Å². The Hall–Kier alpha value is -2.40. The number of carbonyl (C=O) groups excluding carboxylic acids is 2. The van der Waals surface area contributed by atoms with Gasteiger partial charge in [-0.3, -0.25) is 14.6 Å². The molecule has 2 N–H and O–H groups in total. The van der Waals surface area contributed by atoms with Crippen LogP contribution in [0.25, 0.3) is 0 Å². The zero-order valence-corrected chi connectivity index (χ0v) is 10.5. The van der Waals surface area contributed by atoms with Gasteiger partial charge in [0.2, 0.25) is 0 Å². The summed E-state index contributed by atoms with van der Waals surface area (Å²) >= 11 is 5.78. The number of aromatic nitrogens is 1. The molecule has 96 valence electrons. The van der Waals surface area contributed by atoms with Crippen molar-refractivity contribution in [1.82, 2.24) is 4.98 Å². The van der Waals surface area contributed by atoms with Crippen molar-refractivity contribution in [2.75, 3.05) is 10.6 Å². The van der Waals surface area contributed by atoms with Gasteiger partial charge in [0.25, 0.3) is 0 Å². The molecule has 0 bridgehead atoms. The molecular formula is C13H10ClN3O2. The lowest BCUT2D eigenvalue weighted by molar-refractivity contribution is -0.133. The molecule has 2 aromatic rings. The molecule has 0 atom stereocenters. The van der Waals surface area contributed by atoms with E-state index in [4.69, 9.17) is 11.6 Å². The smallest absolute Gasteiger partial charge is 0.314 e. The number of nitrogens with one attached hydrogen (secondary N) is 2. The van der Waals surface area contributed by atoms with Crippen LogP contribution in [-0.2, 0) is 9.59 Å². The molecule has 1 aromatic heterocycles. The zero-order valence-electron chi connectivity index (χ0n) is 9.76. The number of benzene rings is 1. The maximum absolute atomic E-state index is 11.6. The minimum absolute atomic E-state index is 0.453. The summed E-state index contributed by atoms with van der Waals surface area (Å²) in [7, 11) is 0. The minimum atomic E-state index is -0.772. The summed E-state index contributed by atoms with van der Waals surface area (Å²) in [6, 6.07) is 9.84. The van der Waals surface area contributed by atoms with Crippen molar-refractivity contribution in [2.45, 2.75) is 0 Å². The maximum atomic E-state index is 11.6. The highest BCUT2D eigenvalue weighted by molar-refractivity contribution is 6.43. The summed E-state index contributed by atoms with van der Waals surface area (Å²) in [5.74, 6) is -1.54. The molecular weight excluding hydrogens is 266 g/mol. The fraction of sp³-hybridized carbons (Fsp3) is 0. The molecule has 0 radical (unpaired) electrons. The van der Waals surface area contributed by atoms with Gasteiger partial charge in [0.1, 0.15) is 0 Å². The van der Waals surface area contributed by atoms with Crippen molar-refractivity contribution in [3.05, 3.63) is 53.8 Å². The van der Waals surface area contributed by atoms with Crippen LogP contribution in [0.1, 0.15) is 0 Å². The maximum Gasteiger partial charge on any atom is 0.314 e. The van der Waals surface area contributed by atoms with Gasteiger partial charge >= 0.3 is 11.8 Å². The average Bonchev–Trinajstić information content (AvgIpc) is 2.40. The Balaban J connectivity index is 1.98. The van der Waals surface area contributed by atoms with Crippen molar-refractivity contribution in [1.29, 1.82) is 0 Å². The van der Waals surface area contributed by atoms with Crippen LogP contribution in [0.15, 0.2) is 48.8 Å². The third kappa shape index (κ3) is 3.79. The molecule has 0 fully saturated rings. The number of nitrogens with zero attached hydrogens (tertiary/aromatic N) is 1. The zero-order chi connectivity index (χ0) is 13.7. The highest BCUT2D eigenvalue weighted by Crippen LogP contribution is 2.14. The van der Waals surface area contributed by atoms with Crippen LogP contribution in [0.2, 0.25) is 5.02 Å². The molecule has 1 heterocycles. The quantitative estimate of drug-likeness (QED) is 0.826. The van der Waals surface area contributed by atoms with Crippen LogP contribution in [0.3, 0.4) is 0 Å².